The molecule has 5 nitrogen and oxygen atoms in total. The Morgan fingerprint density at radius 1 is 1.24 bits per heavy atom. The van der Waals surface area contributed by atoms with E-state index >= 15 is 0 Å². The highest BCUT2D eigenvalue weighted by Gasteiger charge is 2.61. The van der Waals surface area contributed by atoms with Crippen molar-refractivity contribution in [2.75, 3.05) is 5.32 Å². The minimum absolute atomic E-state index is 0.0187. The van der Waals surface area contributed by atoms with Crippen molar-refractivity contribution in [1.29, 1.82) is 0 Å². The summed E-state index contributed by atoms with van der Waals surface area (Å²) in [6.45, 7) is 0. The van der Waals surface area contributed by atoms with Crippen LogP contribution in [-0.2, 0) is 10.3 Å². The van der Waals surface area contributed by atoms with E-state index in [0.717, 1.165) is 42.3 Å². The van der Waals surface area contributed by atoms with E-state index in [4.69, 9.17) is 0 Å². The van der Waals surface area contributed by atoms with Crippen molar-refractivity contribution in [3.63, 3.8) is 0 Å². The fourth-order valence-corrected chi connectivity index (χ4v) is 6.43. The second kappa shape index (κ2) is 5.40. The van der Waals surface area contributed by atoms with Gasteiger partial charge >= 0.3 is 0 Å². The molecule has 130 valence electrons. The summed E-state index contributed by atoms with van der Waals surface area (Å²) in [7, 11) is 0. The molecule has 2 atom stereocenters. The van der Waals surface area contributed by atoms with E-state index in [1.54, 1.807) is 6.33 Å². The van der Waals surface area contributed by atoms with Crippen LogP contribution >= 0.6 is 15.9 Å². The lowest BCUT2D eigenvalue weighted by Gasteiger charge is -2.60. The fraction of sp³-hybridized carbons (Fsp3) is 0.526. The van der Waals surface area contributed by atoms with Gasteiger partial charge in [-0.15, -0.1) is 0 Å². The Morgan fingerprint density at radius 3 is 2.72 bits per heavy atom. The van der Waals surface area contributed by atoms with E-state index < -0.39 is 0 Å². The first-order valence-electron chi connectivity index (χ1n) is 8.99. The summed E-state index contributed by atoms with van der Waals surface area (Å²) in [5.41, 5.74) is 0.581. The molecule has 1 heterocycles. The first kappa shape index (κ1) is 15.6. The molecule has 4 aliphatic rings. The van der Waals surface area contributed by atoms with Crippen LogP contribution in [0.4, 0.5) is 5.69 Å². The van der Waals surface area contributed by atoms with Crippen molar-refractivity contribution >= 4 is 27.5 Å². The topological polar surface area (TPSA) is 59.8 Å². The van der Waals surface area contributed by atoms with Crippen molar-refractivity contribution in [2.24, 2.45) is 17.3 Å². The minimum atomic E-state index is -0.266. The number of hydrogen-bond donors (Lipinski definition) is 1. The molecule has 1 amide bonds. The van der Waals surface area contributed by atoms with Crippen LogP contribution in [0.3, 0.4) is 0 Å². The number of amides is 1. The van der Waals surface area contributed by atoms with E-state index in [0.29, 0.717) is 11.8 Å². The van der Waals surface area contributed by atoms with Crippen LogP contribution < -0.4 is 5.32 Å². The van der Waals surface area contributed by atoms with Gasteiger partial charge in [0.15, 0.2) is 0 Å². The van der Waals surface area contributed by atoms with Gasteiger partial charge in [-0.05, 0) is 68.6 Å². The molecule has 6 rings (SSSR count). The van der Waals surface area contributed by atoms with Crippen molar-refractivity contribution in [3.05, 3.63) is 41.4 Å². The minimum Gasteiger partial charge on any atom is -0.326 e. The molecule has 0 radical (unpaired) electrons. The third-order valence-corrected chi connectivity index (χ3v) is 6.99. The lowest BCUT2D eigenvalue weighted by molar-refractivity contribution is -0.150. The van der Waals surface area contributed by atoms with E-state index in [9.17, 15) is 4.79 Å². The quantitative estimate of drug-likeness (QED) is 0.847. The standard InChI is InChI=1S/C19H21BrN4O/c20-15-2-1-3-16(5-15)23-17(25)18-6-13-4-14(7-18)9-19(8-13,10-18)24-12-21-11-22-24/h1-3,5,11-14H,4,6-10H2,(H,23,25)/t13-,14-,18?,19?/m1/s1. The third kappa shape index (κ3) is 2.45. The molecular weight excluding hydrogens is 380 g/mol. The smallest absolute Gasteiger partial charge is 0.230 e. The molecule has 1 N–H and O–H groups in total. The van der Waals surface area contributed by atoms with Crippen molar-refractivity contribution < 1.29 is 4.79 Å². The SMILES string of the molecule is O=C(Nc1cccc(Br)c1)C12C[C@H]3C[C@H](C1)CC(n1cncn1)(C3)C2. The number of halogens is 1. The van der Waals surface area contributed by atoms with Crippen LogP contribution in [0.15, 0.2) is 41.4 Å². The van der Waals surface area contributed by atoms with Gasteiger partial charge < -0.3 is 5.32 Å². The molecule has 25 heavy (non-hydrogen) atoms. The Balaban J connectivity index is 1.47. The molecule has 0 spiro atoms. The molecule has 4 aliphatic carbocycles. The number of benzene rings is 1. The van der Waals surface area contributed by atoms with Gasteiger partial charge in [0.25, 0.3) is 0 Å². The van der Waals surface area contributed by atoms with E-state index in [2.05, 4.69) is 31.3 Å². The molecule has 6 heteroatoms. The molecule has 4 fully saturated rings. The second-order valence-electron chi connectivity index (χ2n) is 8.27. The molecule has 2 aromatic rings. The zero-order chi connectivity index (χ0) is 17.1. The average molecular weight is 401 g/mol. The maximum absolute atomic E-state index is 13.3. The van der Waals surface area contributed by atoms with Gasteiger partial charge in [0.05, 0.1) is 11.0 Å². The number of hydrogen-bond acceptors (Lipinski definition) is 3. The van der Waals surface area contributed by atoms with Crippen LogP contribution in [0, 0.1) is 17.3 Å². The second-order valence-corrected chi connectivity index (χ2v) is 9.19. The molecule has 0 unspecified atom stereocenters. The maximum atomic E-state index is 13.3. The Kier molecular flexibility index (Phi) is 3.36. The number of nitrogens with one attached hydrogen (secondary N) is 1. The van der Waals surface area contributed by atoms with Gasteiger partial charge in [0.2, 0.25) is 5.91 Å². The number of carbonyl (C=O) groups is 1. The zero-order valence-electron chi connectivity index (χ0n) is 14.0. The van der Waals surface area contributed by atoms with Gasteiger partial charge in [-0.25, -0.2) is 9.67 Å². The van der Waals surface area contributed by atoms with Gasteiger partial charge in [-0.1, -0.05) is 22.0 Å². The number of carbonyl (C=O) groups excluding carboxylic acids is 1. The summed E-state index contributed by atoms with van der Waals surface area (Å²) >= 11 is 3.48. The summed E-state index contributed by atoms with van der Waals surface area (Å²) in [4.78, 5) is 17.5. The molecular formula is C19H21BrN4O. The van der Waals surface area contributed by atoms with Crippen LogP contribution in [0.2, 0.25) is 0 Å². The number of aromatic nitrogens is 3. The van der Waals surface area contributed by atoms with Crippen molar-refractivity contribution in [2.45, 2.75) is 44.1 Å². The molecule has 1 aromatic heterocycles. The monoisotopic (exact) mass is 400 g/mol. The Hall–Kier alpha value is -1.69. The van der Waals surface area contributed by atoms with E-state index in [-0.39, 0.29) is 16.9 Å². The normalized spacial score (nSPS) is 35.7. The summed E-state index contributed by atoms with van der Waals surface area (Å²) in [5, 5.41) is 7.65. The number of anilines is 1. The van der Waals surface area contributed by atoms with E-state index in [1.807, 2.05) is 35.3 Å². The van der Waals surface area contributed by atoms with Gasteiger partial charge in [-0.2, -0.15) is 5.10 Å². The first-order valence-corrected chi connectivity index (χ1v) is 9.78. The highest BCUT2D eigenvalue weighted by Crippen LogP contribution is 2.64. The summed E-state index contributed by atoms with van der Waals surface area (Å²) < 4.78 is 3.03. The van der Waals surface area contributed by atoms with Crippen LogP contribution in [0.5, 0.6) is 0 Å². The highest BCUT2D eigenvalue weighted by molar-refractivity contribution is 9.10. The fourth-order valence-electron chi connectivity index (χ4n) is 6.03. The maximum Gasteiger partial charge on any atom is 0.230 e. The molecule has 4 bridgehead atoms. The largest absolute Gasteiger partial charge is 0.326 e. The summed E-state index contributed by atoms with van der Waals surface area (Å²) in [6, 6.07) is 7.85. The lowest BCUT2D eigenvalue weighted by atomic mass is 9.46. The first-order chi connectivity index (χ1) is 12.1. The predicted octanol–water partition coefficient (Wildman–Crippen LogP) is 3.97. The third-order valence-electron chi connectivity index (χ3n) is 6.50. The average Bonchev–Trinajstić information content (AvgIpc) is 3.09. The van der Waals surface area contributed by atoms with Crippen molar-refractivity contribution in [1.82, 2.24) is 14.8 Å². The highest BCUT2D eigenvalue weighted by atomic mass is 79.9. The van der Waals surface area contributed by atoms with Crippen LogP contribution in [0.25, 0.3) is 0 Å². The molecule has 1 aromatic carbocycles. The summed E-state index contributed by atoms with van der Waals surface area (Å²) in [5.74, 6) is 1.43. The Labute approximate surface area is 155 Å². The predicted molar refractivity (Wildman–Crippen MR) is 97.9 cm³/mol. The van der Waals surface area contributed by atoms with E-state index in [1.165, 1.54) is 6.42 Å². The molecule has 0 aliphatic heterocycles. The number of nitrogens with zero attached hydrogens (tertiary/aromatic N) is 3. The van der Waals surface area contributed by atoms with Gasteiger partial charge in [0.1, 0.15) is 12.7 Å². The van der Waals surface area contributed by atoms with Crippen molar-refractivity contribution in [3.8, 4) is 0 Å². The Morgan fingerprint density at radius 2 is 2.04 bits per heavy atom. The van der Waals surface area contributed by atoms with Gasteiger partial charge in [0, 0.05) is 10.2 Å². The molecule has 0 saturated heterocycles. The number of rotatable bonds is 3. The summed E-state index contributed by atoms with van der Waals surface area (Å²) in [6.07, 6.45) is 9.91. The Bertz CT molecular complexity index is 805. The van der Waals surface area contributed by atoms with Gasteiger partial charge in [-0.3, -0.25) is 4.79 Å². The van der Waals surface area contributed by atoms with Crippen LogP contribution in [-0.4, -0.2) is 20.7 Å². The van der Waals surface area contributed by atoms with Crippen LogP contribution in [0.1, 0.15) is 38.5 Å². The molecule has 4 saturated carbocycles. The zero-order valence-corrected chi connectivity index (χ0v) is 15.6. The lowest BCUT2D eigenvalue weighted by Crippen LogP contribution is -2.60.